The first-order valence-electron chi connectivity index (χ1n) is 4.96. The summed E-state index contributed by atoms with van der Waals surface area (Å²) in [5, 5.41) is 8.64. The van der Waals surface area contributed by atoms with Crippen molar-refractivity contribution < 1.29 is 14.3 Å². The van der Waals surface area contributed by atoms with Gasteiger partial charge < -0.3 is 9.52 Å². The number of hydrogen-bond acceptors (Lipinski definition) is 3. The maximum Gasteiger partial charge on any atom is 0.392 e. The zero-order chi connectivity index (χ0) is 9.97. The number of carboxylic acid groups (broad SMARTS) is 1. The molecule has 4 heteroatoms. The Balaban J connectivity index is 2.11. The van der Waals surface area contributed by atoms with Crippen LogP contribution in [0.3, 0.4) is 0 Å². The van der Waals surface area contributed by atoms with E-state index in [9.17, 15) is 4.79 Å². The summed E-state index contributed by atoms with van der Waals surface area (Å²) in [5.74, 6) is -0.877. The zero-order valence-electron chi connectivity index (χ0n) is 7.90. The standard InChI is InChI=1S/C10H13NO3/c12-10(13)9-11-8(6-14-9)7-4-2-1-3-5-7/h6-7H,1-5H2,(H,12,13). The molecule has 2 rings (SSSR count). The summed E-state index contributed by atoms with van der Waals surface area (Å²) in [6, 6.07) is 0. The Morgan fingerprint density at radius 3 is 2.71 bits per heavy atom. The number of oxazole rings is 1. The molecule has 4 nitrogen and oxygen atoms in total. The Morgan fingerprint density at radius 1 is 1.43 bits per heavy atom. The van der Waals surface area contributed by atoms with Gasteiger partial charge in [0.05, 0.1) is 5.69 Å². The first kappa shape index (κ1) is 9.24. The minimum Gasteiger partial charge on any atom is -0.474 e. The number of rotatable bonds is 2. The van der Waals surface area contributed by atoms with E-state index >= 15 is 0 Å². The molecule has 1 aliphatic carbocycles. The van der Waals surface area contributed by atoms with Crippen molar-refractivity contribution in [1.29, 1.82) is 0 Å². The molecule has 0 saturated heterocycles. The van der Waals surface area contributed by atoms with Crippen molar-refractivity contribution in [2.45, 2.75) is 38.0 Å². The molecule has 1 aromatic heterocycles. The van der Waals surface area contributed by atoms with Crippen LogP contribution in [0.2, 0.25) is 0 Å². The normalized spacial score (nSPS) is 18.3. The van der Waals surface area contributed by atoms with Crippen molar-refractivity contribution in [2.24, 2.45) is 0 Å². The first-order chi connectivity index (χ1) is 6.77. The summed E-state index contributed by atoms with van der Waals surface area (Å²) in [6.07, 6.45) is 7.39. The van der Waals surface area contributed by atoms with Crippen LogP contribution in [0, 0.1) is 0 Å². The fourth-order valence-corrected chi connectivity index (χ4v) is 1.97. The second kappa shape index (κ2) is 3.82. The average Bonchev–Trinajstić information content (AvgIpc) is 2.68. The van der Waals surface area contributed by atoms with Crippen LogP contribution in [0.5, 0.6) is 0 Å². The monoisotopic (exact) mass is 195 g/mol. The molecule has 1 aliphatic rings. The predicted octanol–water partition coefficient (Wildman–Crippen LogP) is 2.42. The third kappa shape index (κ3) is 1.78. The van der Waals surface area contributed by atoms with Crippen molar-refractivity contribution in [2.75, 3.05) is 0 Å². The fourth-order valence-electron chi connectivity index (χ4n) is 1.97. The van der Waals surface area contributed by atoms with Gasteiger partial charge in [0.25, 0.3) is 0 Å². The lowest BCUT2D eigenvalue weighted by Gasteiger charge is -2.18. The second-order valence-corrected chi connectivity index (χ2v) is 3.72. The first-order valence-corrected chi connectivity index (χ1v) is 4.96. The summed E-state index contributed by atoms with van der Waals surface area (Å²) >= 11 is 0. The SMILES string of the molecule is O=C(O)c1nc(C2CCCCC2)co1. The van der Waals surface area contributed by atoms with E-state index in [2.05, 4.69) is 4.98 Å². The van der Waals surface area contributed by atoms with E-state index in [4.69, 9.17) is 9.52 Å². The van der Waals surface area contributed by atoms with Crippen molar-refractivity contribution in [3.63, 3.8) is 0 Å². The highest BCUT2D eigenvalue weighted by Gasteiger charge is 2.20. The van der Waals surface area contributed by atoms with E-state index < -0.39 is 5.97 Å². The molecule has 14 heavy (non-hydrogen) atoms. The Bertz CT molecular complexity index is 326. The predicted molar refractivity (Wildman–Crippen MR) is 49.3 cm³/mol. The number of carbonyl (C=O) groups is 1. The molecule has 0 radical (unpaired) electrons. The molecule has 0 bridgehead atoms. The third-order valence-corrected chi connectivity index (χ3v) is 2.73. The summed E-state index contributed by atoms with van der Waals surface area (Å²) in [7, 11) is 0. The van der Waals surface area contributed by atoms with E-state index in [1.165, 1.54) is 25.5 Å². The quantitative estimate of drug-likeness (QED) is 0.787. The van der Waals surface area contributed by atoms with Crippen LogP contribution in [-0.4, -0.2) is 16.1 Å². The van der Waals surface area contributed by atoms with E-state index in [-0.39, 0.29) is 5.89 Å². The lowest BCUT2D eigenvalue weighted by molar-refractivity contribution is 0.0653. The summed E-state index contributed by atoms with van der Waals surface area (Å²) < 4.78 is 4.87. The maximum absolute atomic E-state index is 10.5. The van der Waals surface area contributed by atoms with Crippen LogP contribution in [0.1, 0.15) is 54.4 Å². The van der Waals surface area contributed by atoms with Gasteiger partial charge in [0, 0.05) is 5.92 Å². The molecular weight excluding hydrogens is 182 g/mol. The van der Waals surface area contributed by atoms with Gasteiger partial charge in [-0.2, -0.15) is 0 Å². The fraction of sp³-hybridized carbons (Fsp3) is 0.600. The minimum atomic E-state index is -1.09. The van der Waals surface area contributed by atoms with Crippen molar-refractivity contribution in [1.82, 2.24) is 4.98 Å². The number of aromatic carboxylic acids is 1. The topological polar surface area (TPSA) is 63.3 Å². The molecule has 1 fully saturated rings. The van der Waals surface area contributed by atoms with Gasteiger partial charge in [0.1, 0.15) is 6.26 Å². The summed E-state index contributed by atoms with van der Waals surface area (Å²) in [5.41, 5.74) is 0.808. The lowest BCUT2D eigenvalue weighted by atomic mass is 9.87. The third-order valence-electron chi connectivity index (χ3n) is 2.73. The van der Waals surface area contributed by atoms with Crippen molar-refractivity contribution in [3.8, 4) is 0 Å². The summed E-state index contributed by atoms with van der Waals surface area (Å²) in [4.78, 5) is 14.5. The van der Waals surface area contributed by atoms with Crippen LogP contribution < -0.4 is 0 Å². The molecule has 0 spiro atoms. The Kier molecular flexibility index (Phi) is 2.52. The number of carboxylic acids is 1. The van der Waals surface area contributed by atoms with Crippen LogP contribution in [0.4, 0.5) is 0 Å². The zero-order valence-corrected chi connectivity index (χ0v) is 7.90. The van der Waals surface area contributed by atoms with Gasteiger partial charge in [0.2, 0.25) is 0 Å². The Hall–Kier alpha value is -1.32. The van der Waals surface area contributed by atoms with E-state index in [1.54, 1.807) is 0 Å². The molecule has 76 valence electrons. The van der Waals surface area contributed by atoms with E-state index in [1.807, 2.05) is 0 Å². The molecule has 1 heterocycles. The maximum atomic E-state index is 10.5. The highest BCUT2D eigenvalue weighted by molar-refractivity contribution is 5.82. The number of nitrogens with zero attached hydrogens (tertiary/aromatic N) is 1. The van der Waals surface area contributed by atoms with Crippen molar-refractivity contribution >= 4 is 5.97 Å². The molecule has 1 aromatic rings. The van der Waals surface area contributed by atoms with Gasteiger partial charge in [-0.25, -0.2) is 9.78 Å². The highest BCUT2D eigenvalue weighted by atomic mass is 16.4. The van der Waals surface area contributed by atoms with Gasteiger partial charge in [-0.1, -0.05) is 19.3 Å². The number of aromatic nitrogens is 1. The van der Waals surface area contributed by atoms with Gasteiger partial charge >= 0.3 is 11.9 Å². The van der Waals surface area contributed by atoms with Gasteiger partial charge in [-0.3, -0.25) is 0 Å². The lowest BCUT2D eigenvalue weighted by Crippen LogP contribution is -2.05. The second-order valence-electron chi connectivity index (χ2n) is 3.72. The van der Waals surface area contributed by atoms with Gasteiger partial charge in [-0.15, -0.1) is 0 Å². The minimum absolute atomic E-state index is 0.189. The average molecular weight is 195 g/mol. The Morgan fingerprint density at radius 2 is 2.14 bits per heavy atom. The Labute approximate surface area is 81.9 Å². The van der Waals surface area contributed by atoms with Gasteiger partial charge in [-0.05, 0) is 12.8 Å². The largest absolute Gasteiger partial charge is 0.474 e. The van der Waals surface area contributed by atoms with Crippen LogP contribution in [0.25, 0.3) is 0 Å². The van der Waals surface area contributed by atoms with E-state index in [0.29, 0.717) is 5.92 Å². The molecule has 0 unspecified atom stereocenters. The smallest absolute Gasteiger partial charge is 0.392 e. The van der Waals surface area contributed by atoms with Crippen LogP contribution in [-0.2, 0) is 0 Å². The highest BCUT2D eigenvalue weighted by Crippen LogP contribution is 2.31. The van der Waals surface area contributed by atoms with Crippen molar-refractivity contribution in [3.05, 3.63) is 17.8 Å². The van der Waals surface area contributed by atoms with E-state index in [0.717, 1.165) is 18.5 Å². The molecule has 1 saturated carbocycles. The molecule has 1 N–H and O–H groups in total. The molecule has 0 aromatic carbocycles. The number of hydrogen-bond donors (Lipinski definition) is 1. The summed E-state index contributed by atoms with van der Waals surface area (Å²) in [6.45, 7) is 0. The van der Waals surface area contributed by atoms with Crippen LogP contribution >= 0.6 is 0 Å². The van der Waals surface area contributed by atoms with Crippen LogP contribution in [0.15, 0.2) is 10.7 Å². The molecule has 0 amide bonds. The molecule has 0 atom stereocenters. The molecule has 0 aliphatic heterocycles. The van der Waals surface area contributed by atoms with Gasteiger partial charge in [0.15, 0.2) is 0 Å². The molecular formula is C10H13NO3.